The molecule has 113 heavy (non-hydrogen) atoms. The number of aliphatic imine (C=N–C) groups is 2. The van der Waals surface area contributed by atoms with E-state index in [1.54, 1.807) is 59.9 Å². The van der Waals surface area contributed by atoms with Crippen LogP contribution in [0, 0.1) is 23.7 Å². The van der Waals surface area contributed by atoms with Crippen LogP contribution in [-0.2, 0) is 68.7 Å². The third-order valence-corrected chi connectivity index (χ3v) is 18.5. The van der Waals surface area contributed by atoms with Crippen molar-refractivity contribution in [2.75, 3.05) is 39.3 Å². The molecule has 0 fully saturated rings. The lowest BCUT2D eigenvalue weighted by Crippen LogP contribution is -2.61. The summed E-state index contributed by atoms with van der Waals surface area (Å²) in [4.78, 5) is 195. The molecule has 0 saturated carbocycles. The number of nitrogens with one attached hydrogen (secondary N) is 13. The van der Waals surface area contributed by atoms with E-state index in [2.05, 4.69) is 78.8 Å². The third-order valence-electron chi connectivity index (χ3n) is 18.5. The molecule has 0 spiro atoms. The van der Waals surface area contributed by atoms with Crippen molar-refractivity contribution in [3.63, 3.8) is 0 Å². The molecule has 0 unspecified atom stereocenters. The van der Waals surface area contributed by atoms with Gasteiger partial charge in [0.1, 0.15) is 72.5 Å². The van der Waals surface area contributed by atoms with Crippen molar-refractivity contribution in [2.45, 2.75) is 270 Å². The molecule has 0 bridgehead atoms. The molecule has 0 radical (unpaired) electrons. The lowest BCUT2D eigenvalue weighted by molar-refractivity contribution is -0.142. The van der Waals surface area contributed by atoms with Gasteiger partial charge in [0.25, 0.3) is 0 Å². The number of nitrogens with two attached hydrogens (primary N) is 9. The molecule has 1 aromatic carbocycles. The number of carboxylic acids is 1. The number of benzene rings is 1. The van der Waals surface area contributed by atoms with Gasteiger partial charge in [-0.25, -0.2) is 4.79 Å². The Kier molecular flexibility index (Phi) is 46.8. The van der Waals surface area contributed by atoms with Gasteiger partial charge in [-0.1, -0.05) is 73.6 Å². The van der Waals surface area contributed by atoms with Crippen LogP contribution in [0.3, 0.4) is 0 Å². The molecule has 0 saturated heterocycles. The fourth-order valence-electron chi connectivity index (χ4n) is 12.2. The zero-order valence-corrected chi connectivity index (χ0v) is 67.7. The number of hydrogen-bond acceptors (Lipinski definition) is 20. The fraction of sp³-hybridized carbons (Fsp3) is 0.693. The predicted molar refractivity (Wildman–Crippen MR) is 432 cm³/mol. The number of unbranched alkanes of at least 4 members (excludes halogenated alkanes) is 4. The van der Waals surface area contributed by atoms with Crippen LogP contribution >= 0.6 is 0 Å². The minimum absolute atomic E-state index is 0.00844. The number of guanidine groups is 2. The highest BCUT2D eigenvalue weighted by atomic mass is 16.4. The van der Waals surface area contributed by atoms with Crippen LogP contribution in [0.25, 0.3) is 10.9 Å². The molecule has 38 heteroatoms. The highest BCUT2D eigenvalue weighted by Crippen LogP contribution is 2.21. The van der Waals surface area contributed by atoms with Crippen molar-refractivity contribution < 1.29 is 67.4 Å². The molecule has 638 valence electrons. The van der Waals surface area contributed by atoms with Gasteiger partial charge < -0.3 is 125 Å². The van der Waals surface area contributed by atoms with Gasteiger partial charge in [-0.15, -0.1) is 0 Å². The van der Waals surface area contributed by atoms with Gasteiger partial charge in [0, 0.05) is 36.6 Å². The number of carboxylic acid groups (broad SMARTS) is 1. The van der Waals surface area contributed by atoms with E-state index >= 15 is 4.79 Å². The van der Waals surface area contributed by atoms with Gasteiger partial charge in [-0.3, -0.25) is 67.5 Å². The van der Waals surface area contributed by atoms with Gasteiger partial charge in [0.15, 0.2) is 11.9 Å². The van der Waals surface area contributed by atoms with E-state index < -0.39 is 167 Å². The van der Waals surface area contributed by atoms with E-state index in [0.717, 1.165) is 0 Å². The second kappa shape index (κ2) is 53.3. The number of H-pyrrole nitrogens is 1. The maximum Gasteiger partial charge on any atom is 0.326 e. The zero-order chi connectivity index (χ0) is 85.0. The van der Waals surface area contributed by atoms with E-state index in [0.29, 0.717) is 80.9 Å². The zero-order valence-electron chi connectivity index (χ0n) is 67.7. The van der Waals surface area contributed by atoms with Crippen LogP contribution in [0.4, 0.5) is 0 Å². The Balaban J connectivity index is 2.55. The normalized spacial score (nSPS) is 14.8. The van der Waals surface area contributed by atoms with Crippen molar-refractivity contribution in [3.05, 3.63) is 36.0 Å². The summed E-state index contributed by atoms with van der Waals surface area (Å²) in [5.41, 5.74) is 52.3. The molecule has 0 aliphatic rings. The largest absolute Gasteiger partial charge is 0.480 e. The summed E-state index contributed by atoms with van der Waals surface area (Å²) in [6.45, 7) is 17.9. The molecule has 0 aliphatic carbocycles. The number of carbonyl (C=O) groups excluding carboxylic acids is 12. The number of aliphatic carboxylic acids is 1. The van der Waals surface area contributed by atoms with Gasteiger partial charge in [0.05, 0.1) is 6.04 Å². The van der Waals surface area contributed by atoms with E-state index in [1.807, 2.05) is 26.0 Å². The molecule has 1 aromatic heterocycles. The van der Waals surface area contributed by atoms with Crippen molar-refractivity contribution in [3.8, 4) is 0 Å². The third kappa shape index (κ3) is 38.1. The maximum absolute atomic E-state index is 15.0. The average Bonchev–Trinajstić information content (AvgIpc) is 1.71. The summed E-state index contributed by atoms with van der Waals surface area (Å²) in [5, 5.41) is 43.2. The Morgan fingerprint density at radius 2 is 0.681 bits per heavy atom. The standard InChI is InChI=1S/C75H134N24O14/c1-41(2)37-56(95-66(105)54(30-22-36-86-75(83)84)90-64(103)53(89-61(100)45(9)80)29-21-35-85-74(81)82)68(107)91-50(25-13-17-31-76)63(102)88-46(10)62(101)98-59(43(5)6)71(110)97-58(39-47-40-87-49-24-12-11-23-48(47)49)70(109)93-52(27-15-19-33-78)67(106)99-60(44(7)8)72(111)96-57(38-42(3)4)69(108)92-51(26-14-18-32-77)65(104)94-55(73(112)113)28-16-20-34-79/h11-12,23-24,40-46,50-60,87H,13-22,25-39,76-80H2,1-10H3,(H,88,102)(H,89,100)(H,90,103)(H,91,107)(H,92,108)(H,93,109)(H,94,104)(H,95,105)(H,96,111)(H,97,110)(H,98,101)(H,99,106)(H,112,113)(H4,81,82,85)(H4,83,84,86)/t45-,46-,50-,51-,52-,53-,54-,55-,56-,57-,58-,59-,60-/m0/s1. The lowest BCUT2D eigenvalue weighted by Gasteiger charge is -2.30. The fourth-order valence-corrected chi connectivity index (χ4v) is 12.2. The van der Waals surface area contributed by atoms with Crippen LogP contribution in [0.5, 0.6) is 0 Å². The highest BCUT2D eigenvalue weighted by Gasteiger charge is 2.38. The minimum Gasteiger partial charge on any atom is -0.480 e. The molecule has 0 aliphatic heterocycles. The van der Waals surface area contributed by atoms with Gasteiger partial charge in [-0.05, 0) is 191 Å². The maximum atomic E-state index is 15.0. The van der Waals surface area contributed by atoms with Crippen LogP contribution in [-0.4, -0.2) is 217 Å². The summed E-state index contributed by atoms with van der Waals surface area (Å²) in [6.07, 6.45) is 5.61. The number of hydrogen-bond donors (Lipinski definition) is 23. The highest BCUT2D eigenvalue weighted by molar-refractivity contribution is 6.00. The topological polar surface area (TPSA) is 661 Å². The first kappa shape index (κ1) is 99.3. The summed E-state index contributed by atoms with van der Waals surface area (Å²) in [5.74, 6) is -12.7. The van der Waals surface area contributed by atoms with E-state index in [1.165, 1.54) is 13.8 Å². The molecule has 32 N–H and O–H groups in total. The van der Waals surface area contributed by atoms with E-state index in [4.69, 9.17) is 51.6 Å². The number of fused-ring (bicyclic) bond motifs is 1. The molecule has 2 aromatic rings. The van der Waals surface area contributed by atoms with Crippen LogP contribution in [0.1, 0.15) is 190 Å². The number of aromatic amines is 1. The Morgan fingerprint density at radius 1 is 0.372 bits per heavy atom. The quantitative estimate of drug-likeness (QED) is 0.0178. The van der Waals surface area contributed by atoms with Crippen molar-refractivity contribution in [1.82, 2.24) is 68.8 Å². The summed E-state index contributed by atoms with van der Waals surface area (Å²) in [7, 11) is 0. The average molecular weight is 1600 g/mol. The molecule has 1 heterocycles. The monoisotopic (exact) mass is 1600 g/mol. The summed E-state index contributed by atoms with van der Waals surface area (Å²) in [6, 6.07) is -9.49. The molecule has 13 atom stereocenters. The molecular weight excluding hydrogens is 1460 g/mol. The first-order valence-corrected chi connectivity index (χ1v) is 39.5. The van der Waals surface area contributed by atoms with E-state index in [-0.39, 0.29) is 121 Å². The van der Waals surface area contributed by atoms with Crippen molar-refractivity contribution in [2.24, 2.45) is 85.3 Å². The molecule has 38 nitrogen and oxygen atoms in total. The summed E-state index contributed by atoms with van der Waals surface area (Å²) >= 11 is 0. The molecule has 2 rings (SSSR count). The second-order valence-electron chi connectivity index (χ2n) is 30.2. The summed E-state index contributed by atoms with van der Waals surface area (Å²) < 4.78 is 0. The van der Waals surface area contributed by atoms with Crippen LogP contribution in [0.2, 0.25) is 0 Å². The lowest BCUT2D eigenvalue weighted by atomic mass is 9.98. The molecular formula is C75H134N24O14. The molecule has 12 amide bonds. The second-order valence-corrected chi connectivity index (χ2v) is 30.2. The van der Waals surface area contributed by atoms with Gasteiger partial charge >= 0.3 is 5.97 Å². The Bertz CT molecular complexity index is 3410. The SMILES string of the molecule is CC(C)C[C@H](NC(=O)[C@H](CCCN=C(N)N)NC(=O)[C@H](CCCN=C(N)N)NC(=O)[C@H](C)N)C(=O)N[C@@H](CCCCN)C(=O)N[C@@H](C)C(=O)N[C@H](C(=O)N[C@@H](Cc1c[nH]c2ccccc12)C(=O)N[C@@H](CCCCN)C(=O)N[C@H](C(=O)N[C@@H](CC(C)C)C(=O)N[C@@H](CCCCN)C(=O)N[C@@H](CCCCN)C(=O)O)C(C)C)C(C)C. The number of amides is 12. The van der Waals surface area contributed by atoms with Crippen LogP contribution in [0.15, 0.2) is 40.4 Å². The van der Waals surface area contributed by atoms with Crippen molar-refractivity contribution in [1.29, 1.82) is 0 Å². The van der Waals surface area contributed by atoms with Gasteiger partial charge in [-0.2, -0.15) is 0 Å². The van der Waals surface area contributed by atoms with Gasteiger partial charge in [0.2, 0.25) is 70.9 Å². The number of rotatable bonds is 57. The van der Waals surface area contributed by atoms with Crippen LogP contribution < -0.4 is 115 Å². The first-order chi connectivity index (χ1) is 53.4. The smallest absolute Gasteiger partial charge is 0.326 e. The first-order valence-electron chi connectivity index (χ1n) is 39.5. The number of aromatic nitrogens is 1. The minimum atomic E-state index is -1.44. The number of para-hydroxylation sites is 1. The Hall–Kier alpha value is -9.79. The number of nitrogens with zero attached hydrogens (tertiary/aromatic N) is 2. The predicted octanol–water partition coefficient (Wildman–Crippen LogP) is -2.99. The van der Waals surface area contributed by atoms with E-state index in [9.17, 15) is 62.6 Å². The van der Waals surface area contributed by atoms with Crippen molar-refractivity contribution >= 4 is 99.7 Å². The number of carbonyl (C=O) groups is 13. The Labute approximate surface area is 663 Å². The Morgan fingerprint density at radius 3 is 1.05 bits per heavy atom.